The minimum atomic E-state index is -4.37. The van der Waals surface area contributed by atoms with Crippen molar-refractivity contribution in [1.29, 1.82) is 0 Å². The van der Waals surface area contributed by atoms with E-state index in [4.69, 9.17) is 0 Å². The predicted molar refractivity (Wildman–Crippen MR) is 53.3 cm³/mol. The van der Waals surface area contributed by atoms with Crippen molar-refractivity contribution in [3.8, 4) is 0 Å². The summed E-state index contributed by atoms with van der Waals surface area (Å²) in [6, 6.07) is 3.86. The molecule has 0 heterocycles. The maximum absolute atomic E-state index is 12.7. The fourth-order valence-corrected chi connectivity index (χ4v) is 2.10. The highest BCUT2D eigenvalue weighted by Crippen LogP contribution is 2.35. The van der Waals surface area contributed by atoms with Gasteiger partial charge in [0.15, 0.2) is 5.78 Å². The molecule has 1 aliphatic carbocycles. The van der Waals surface area contributed by atoms with E-state index in [0.29, 0.717) is 25.7 Å². The highest BCUT2D eigenvalue weighted by atomic mass is 19.4. The summed E-state index contributed by atoms with van der Waals surface area (Å²) >= 11 is 0. The van der Waals surface area contributed by atoms with E-state index < -0.39 is 11.7 Å². The van der Waals surface area contributed by atoms with Crippen LogP contribution in [0.4, 0.5) is 13.2 Å². The molecule has 0 unspecified atom stereocenters. The normalized spacial score (nSPS) is 16.8. The minimum Gasteiger partial charge on any atom is -0.294 e. The van der Waals surface area contributed by atoms with Crippen LogP contribution in [0.5, 0.6) is 0 Å². The number of benzene rings is 1. The predicted octanol–water partition coefficient (Wildman–Crippen LogP) is 3.61. The second-order valence-corrected chi connectivity index (χ2v) is 3.96. The number of hydrogen-bond donors (Lipinski definition) is 0. The highest BCUT2D eigenvalue weighted by molar-refractivity contribution is 5.98. The molecule has 0 fully saturated rings. The molecule has 0 saturated heterocycles. The van der Waals surface area contributed by atoms with Crippen LogP contribution in [0.1, 0.15) is 40.7 Å². The van der Waals surface area contributed by atoms with E-state index in [1.54, 1.807) is 0 Å². The SMILES string of the molecule is O=C1CCCCc2c1cccc2C(F)(F)F. The molecule has 0 spiro atoms. The van der Waals surface area contributed by atoms with E-state index >= 15 is 0 Å². The molecule has 1 aromatic rings. The number of fused-ring (bicyclic) bond motifs is 1. The van der Waals surface area contributed by atoms with Gasteiger partial charge in [0.05, 0.1) is 5.56 Å². The molecule has 0 atom stereocenters. The molecule has 0 aliphatic heterocycles. The zero-order chi connectivity index (χ0) is 11.8. The third-order valence-corrected chi connectivity index (χ3v) is 2.86. The number of rotatable bonds is 0. The van der Waals surface area contributed by atoms with E-state index in [0.717, 1.165) is 6.07 Å². The maximum atomic E-state index is 12.7. The second-order valence-electron chi connectivity index (χ2n) is 3.96. The summed E-state index contributed by atoms with van der Waals surface area (Å²) < 4.78 is 38.2. The lowest BCUT2D eigenvalue weighted by Gasteiger charge is -2.14. The molecule has 1 aliphatic rings. The van der Waals surface area contributed by atoms with Gasteiger partial charge < -0.3 is 0 Å². The van der Waals surface area contributed by atoms with Crippen molar-refractivity contribution in [3.63, 3.8) is 0 Å². The van der Waals surface area contributed by atoms with Gasteiger partial charge in [-0.25, -0.2) is 0 Å². The molecule has 4 heteroatoms. The molecule has 2 rings (SSSR count). The zero-order valence-electron chi connectivity index (χ0n) is 8.60. The number of hydrogen-bond acceptors (Lipinski definition) is 1. The lowest BCUT2D eigenvalue weighted by atomic mass is 9.96. The van der Waals surface area contributed by atoms with Gasteiger partial charge in [0.1, 0.15) is 0 Å². The number of carbonyl (C=O) groups is 1. The van der Waals surface area contributed by atoms with Crippen LogP contribution >= 0.6 is 0 Å². The Morgan fingerprint density at radius 1 is 1.06 bits per heavy atom. The molecular formula is C12H11F3O. The summed E-state index contributed by atoms with van der Waals surface area (Å²) in [5.74, 6) is -0.168. The van der Waals surface area contributed by atoms with Gasteiger partial charge >= 0.3 is 6.18 Å². The Hall–Kier alpha value is -1.32. The van der Waals surface area contributed by atoms with Gasteiger partial charge in [-0.05, 0) is 30.9 Å². The lowest BCUT2D eigenvalue weighted by Crippen LogP contribution is -2.12. The monoisotopic (exact) mass is 228 g/mol. The quantitative estimate of drug-likeness (QED) is 0.620. The Bertz CT molecular complexity index is 421. The average Bonchev–Trinajstić information content (AvgIpc) is 2.39. The number of halogens is 3. The van der Waals surface area contributed by atoms with Crippen LogP contribution in [0.25, 0.3) is 0 Å². The summed E-state index contributed by atoms with van der Waals surface area (Å²) in [5, 5.41) is 0. The second kappa shape index (κ2) is 3.92. The number of alkyl halides is 3. The Labute approximate surface area is 91.3 Å². The van der Waals surface area contributed by atoms with Crippen molar-refractivity contribution < 1.29 is 18.0 Å². The van der Waals surface area contributed by atoms with Crippen molar-refractivity contribution in [2.75, 3.05) is 0 Å². The first-order valence-corrected chi connectivity index (χ1v) is 5.22. The molecule has 86 valence electrons. The first kappa shape index (κ1) is 11.2. The van der Waals surface area contributed by atoms with Gasteiger partial charge in [-0.3, -0.25) is 4.79 Å². The molecule has 1 nitrogen and oxygen atoms in total. The first-order chi connectivity index (χ1) is 7.50. The van der Waals surface area contributed by atoms with Gasteiger partial charge in [-0.15, -0.1) is 0 Å². The fraction of sp³-hybridized carbons (Fsp3) is 0.417. The molecule has 16 heavy (non-hydrogen) atoms. The minimum absolute atomic E-state index is 0.168. The lowest BCUT2D eigenvalue weighted by molar-refractivity contribution is -0.138. The smallest absolute Gasteiger partial charge is 0.294 e. The zero-order valence-corrected chi connectivity index (χ0v) is 8.60. The van der Waals surface area contributed by atoms with Crippen LogP contribution in [0.2, 0.25) is 0 Å². The molecule has 0 bridgehead atoms. The third kappa shape index (κ3) is 1.96. The topological polar surface area (TPSA) is 17.1 Å². The van der Waals surface area contributed by atoms with Crippen molar-refractivity contribution in [1.82, 2.24) is 0 Å². The Kier molecular flexibility index (Phi) is 2.74. The standard InChI is InChI=1S/C12H11F3O/c13-12(14,15)10-6-3-5-9-8(10)4-1-2-7-11(9)16/h3,5-6H,1-2,4,7H2. The van der Waals surface area contributed by atoms with Gasteiger partial charge in [-0.2, -0.15) is 13.2 Å². The summed E-state index contributed by atoms with van der Waals surface area (Å²) in [6.07, 6.45) is -2.35. The third-order valence-electron chi connectivity index (χ3n) is 2.86. The van der Waals surface area contributed by atoms with Crippen molar-refractivity contribution in [3.05, 3.63) is 34.9 Å². The van der Waals surface area contributed by atoms with E-state index in [2.05, 4.69) is 0 Å². The molecule has 0 aromatic heterocycles. The van der Waals surface area contributed by atoms with Crippen molar-refractivity contribution >= 4 is 5.78 Å². The Balaban J connectivity index is 2.58. The molecule has 0 N–H and O–H groups in total. The number of ketones is 1. The average molecular weight is 228 g/mol. The van der Waals surface area contributed by atoms with Crippen LogP contribution in [-0.2, 0) is 12.6 Å². The summed E-state index contributed by atoms with van der Waals surface area (Å²) in [6.45, 7) is 0. The van der Waals surface area contributed by atoms with Gasteiger partial charge in [0.25, 0.3) is 0 Å². The van der Waals surface area contributed by atoms with Crippen LogP contribution < -0.4 is 0 Å². The first-order valence-electron chi connectivity index (χ1n) is 5.22. The van der Waals surface area contributed by atoms with Gasteiger partial charge in [0.2, 0.25) is 0 Å². The van der Waals surface area contributed by atoms with E-state index in [1.165, 1.54) is 12.1 Å². The van der Waals surface area contributed by atoms with E-state index in [1.807, 2.05) is 0 Å². The fourth-order valence-electron chi connectivity index (χ4n) is 2.10. The van der Waals surface area contributed by atoms with Crippen molar-refractivity contribution in [2.45, 2.75) is 31.9 Å². The molecule has 0 amide bonds. The van der Waals surface area contributed by atoms with Crippen LogP contribution in [-0.4, -0.2) is 5.78 Å². The van der Waals surface area contributed by atoms with Crippen LogP contribution in [0, 0.1) is 0 Å². The van der Waals surface area contributed by atoms with Gasteiger partial charge in [-0.1, -0.05) is 12.1 Å². The number of carbonyl (C=O) groups excluding carboxylic acids is 1. The van der Waals surface area contributed by atoms with Gasteiger partial charge in [0, 0.05) is 12.0 Å². The van der Waals surface area contributed by atoms with E-state index in [-0.39, 0.29) is 16.9 Å². The summed E-state index contributed by atoms with van der Waals surface area (Å²) in [4.78, 5) is 11.6. The highest BCUT2D eigenvalue weighted by Gasteiger charge is 2.35. The Morgan fingerprint density at radius 3 is 2.44 bits per heavy atom. The summed E-state index contributed by atoms with van der Waals surface area (Å²) in [7, 11) is 0. The van der Waals surface area contributed by atoms with Crippen LogP contribution in [0.15, 0.2) is 18.2 Å². The maximum Gasteiger partial charge on any atom is 0.416 e. The summed E-state index contributed by atoms with van der Waals surface area (Å²) in [5.41, 5.74) is -0.218. The molecule has 1 aromatic carbocycles. The number of Topliss-reactive ketones (excluding diaryl/α,β-unsaturated/α-hetero) is 1. The molecule has 0 radical (unpaired) electrons. The molecule has 0 saturated carbocycles. The van der Waals surface area contributed by atoms with E-state index in [9.17, 15) is 18.0 Å². The van der Waals surface area contributed by atoms with Crippen molar-refractivity contribution in [2.24, 2.45) is 0 Å². The van der Waals surface area contributed by atoms with Crippen LogP contribution in [0.3, 0.4) is 0 Å². The Morgan fingerprint density at radius 2 is 1.75 bits per heavy atom. The molecular weight excluding hydrogens is 217 g/mol. The largest absolute Gasteiger partial charge is 0.416 e.